The third-order valence-corrected chi connectivity index (χ3v) is 3.79. The van der Waals surface area contributed by atoms with Crippen molar-refractivity contribution in [3.05, 3.63) is 42.0 Å². The summed E-state index contributed by atoms with van der Waals surface area (Å²) in [7, 11) is 3.32. The second-order valence-electron chi connectivity index (χ2n) is 3.94. The first-order valence-electron chi connectivity index (χ1n) is 5.59. The molecule has 3 nitrogen and oxygen atoms in total. The minimum Gasteiger partial charge on any atom is -0.497 e. The van der Waals surface area contributed by atoms with Crippen molar-refractivity contribution in [3.8, 4) is 17.2 Å². The first kappa shape index (κ1) is 11.2. The van der Waals surface area contributed by atoms with E-state index in [1.165, 1.54) is 10.1 Å². The van der Waals surface area contributed by atoms with Crippen LogP contribution >= 0.6 is 11.3 Å². The molecule has 1 aromatic carbocycles. The molecule has 0 spiro atoms. The minimum atomic E-state index is 0.796. The van der Waals surface area contributed by atoms with E-state index in [4.69, 9.17) is 9.47 Å². The van der Waals surface area contributed by atoms with Crippen molar-refractivity contribution in [2.45, 2.75) is 0 Å². The number of ether oxygens (including phenoxy) is 2. The lowest BCUT2D eigenvalue weighted by Gasteiger charge is -2.10. The molecular weight excluding hydrogens is 246 g/mol. The van der Waals surface area contributed by atoms with Crippen LogP contribution in [0.2, 0.25) is 0 Å². The molecule has 92 valence electrons. The predicted octanol–water partition coefficient (Wildman–Crippen LogP) is 3.71. The summed E-state index contributed by atoms with van der Waals surface area (Å²) in [5.74, 6) is 1.60. The van der Waals surface area contributed by atoms with E-state index in [1.807, 2.05) is 18.2 Å². The monoisotopic (exact) mass is 259 g/mol. The van der Waals surface area contributed by atoms with Gasteiger partial charge in [-0.1, -0.05) is 0 Å². The summed E-state index contributed by atoms with van der Waals surface area (Å²) in [6.07, 6.45) is 4.22. The van der Waals surface area contributed by atoms with E-state index in [1.54, 1.807) is 25.6 Å². The Morgan fingerprint density at radius 3 is 2.67 bits per heavy atom. The van der Waals surface area contributed by atoms with Crippen LogP contribution in [-0.4, -0.2) is 18.8 Å². The fraction of sp³-hybridized carbons (Fsp3) is 0.143. The lowest BCUT2D eigenvalue weighted by molar-refractivity contribution is 0.393. The quantitative estimate of drug-likeness (QED) is 0.715. The second-order valence-corrected chi connectivity index (χ2v) is 4.89. The molecule has 0 N–H and O–H groups in total. The van der Waals surface area contributed by atoms with Gasteiger partial charge < -0.3 is 14.0 Å². The Balaban J connectivity index is 2.13. The number of thiophene rings is 1. The molecule has 18 heavy (non-hydrogen) atoms. The molecule has 2 heterocycles. The van der Waals surface area contributed by atoms with Gasteiger partial charge in [-0.25, -0.2) is 0 Å². The molecule has 4 heteroatoms. The number of aromatic nitrogens is 1. The molecule has 0 saturated carbocycles. The van der Waals surface area contributed by atoms with Gasteiger partial charge in [0.1, 0.15) is 11.5 Å². The summed E-state index contributed by atoms with van der Waals surface area (Å²) in [6, 6.07) is 7.95. The molecule has 0 atom stereocenters. The van der Waals surface area contributed by atoms with Crippen molar-refractivity contribution in [2.75, 3.05) is 14.2 Å². The van der Waals surface area contributed by atoms with Gasteiger partial charge in [0, 0.05) is 23.8 Å². The highest BCUT2D eigenvalue weighted by molar-refractivity contribution is 7.17. The lowest BCUT2D eigenvalue weighted by atomic mass is 10.2. The highest BCUT2D eigenvalue weighted by Gasteiger charge is 2.08. The Kier molecular flexibility index (Phi) is 2.72. The number of hydrogen-bond donors (Lipinski definition) is 0. The molecule has 0 radical (unpaired) electrons. The maximum atomic E-state index is 5.42. The van der Waals surface area contributed by atoms with E-state index < -0.39 is 0 Å². The summed E-state index contributed by atoms with van der Waals surface area (Å²) in [4.78, 5) is 0. The van der Waals surface area contributed by atoms with Crippen molar-refractivity contribution in [3.63, 3.8) is 0 Å². The van der Waals surface area contributed by atoms with Crippen LogP contribution in [-0.2, 0) is 0 Å². The number of fused-ring (bicyclic) bond motifs is 1. The summed E-state index contributed by atoms with van der Waals surface area (Å²) in [5.41, 5.74) is 1.02. The van der Waals surface area contributed by atoms with Gasteiger partial charge in [0.05, 0.1) is 24.6 Å². The fourth-order valence-electron chi connectivity index (χ4n) is 1.99. The minimum absolute atomic E-state index is 0.796. The topological polar surface area (TPSA) is 23.4 Å². The van der Waals surface area contributed by atoms with Gasteiger partial charge in [0.2, 0.25) is 0 Å². The van der Waals surface area contributed by atoms with E-state index in [9.17, 15) is 0 Å². The van der Waals surface area contributed by atoms with Gasteiger partial charge in [-0.3, -0.25) is 0 Å². The van der Waals surface area contributed by atoms with Crippen LogP contribution < -0.4 is 9.47 Å². The fourth-order valence-corrected chi connectivity index (χ4v) is 2.79. The molecule has 0 bridgehead atoms. The maximum Gasteiger partial charge on any atom is 0.146 e. The number of hydrogen-bond acceptors (Lipinski definition) is 3. The SMILES string of the molecule is COc1ccc(-n2cc3ccsc3c2)c(OC)c1. The predicted molar refractivity (Wildman–Crippen MR) is 74.3 cm³/mol. The summed E-state index contributed by atoms with van der Waals surface area (Å²) in [6.45, 7) is 0. The van der Waals surface area contributed by atoms with Gasteiger partial charge in [-0.05, 0) is 23.6 Å². The highest BCUT2D eigenvalue weighted by atomic mass is 32.1. The first-order chi connectivity index (χ1) is 8.81. The van der Waals surface area contributed by atoms with E-state index in [0.29, 0.717) is 0 Å². The smallest absolute Gasteiger partial charge is 0.146 e. The number of rotatable bonds is 3. The third kappa shape index (κ3) is 1.75. The van der Waals surface area contributed by atoms with Crippen molar-refractivity contribution in [1.29, 1.82) is 0 Å². The van der Waals surface area contributed by atoms with E-state index >= 15 is 0 Å². The van der Waals surface area contributed by atoms with E-state index in [-0.39, 0.29) is 0 Å². The second kappa shape index (κ2) is 4.38. The molecule has 0 aliphatic carbocycles. The average Bonchev–Trinajstić information content (AvgIpc) is 2.98. The summed E-state index contributed by atoms with van der Waals surface area (Å²) in [5, 5.41) is 3.35. The van der Waals surface area contributed by atoms with Crippen LogP contribution in [0.3, 0.4) is 0 Å². The molecule has 0 amide bonds. The van der Waals surface area contributed by atoms with Crippen LogP contribution in [0, 0.1) is 0 Å². The lowest BCUT2D eigenvalue weighted by Crippen LogP contribution is -1.96. The van der Waals surface area contributed by atoms with Crippen molar-refractivity contribution < 1.29 is 9.47 Å². The molecule has 0 unspecified atom stereocenters. The zero-order valence-corrected chi connectivity index (χ0v) is 11.0. The van der Waals surface area contributed by atoms with Gasteiger partial charge in [-0.15, -0.1) is 11.3 Å². The van der Waals surface area contributed by atoms with Crippen LogP contribution in [0.25, 0.3) is 15.8 Å². The van der Waals surface area contributed by atoms with Crippen molar-refractivity contribution in [2.24, 2.45) is 0 Å². The largest absolute Gasteiger partial charge is 0.497 e. The summed E-state index contributed by atoms with van der Waals surface area (Å²) >= 11 is 1.74. The molecule has 0 aliphatic heterocycles. The molecule has 0 fully saturated rings. The zero-order chi connectivity index (χ0) is 12.5. The summed E-state index contributed by atoms with van der Waals surface area (Å²) < 4.78 is 14.0. The normalized spacial score (nSPS) is 10.8. The highest BCUT2D eigenvalue weighted by Crippen LogP contribution is 2.31. The Morgan fingerprint density at radius 1 is 1.06 bits per heavy atom. The maximum absolute atomic E-state index is 5.42. The van der Waals surface area contributed by atoms with Gasteiger partial charge in [-0.2, -0.15) is 0 Å². The van der Waals surface area contributed by atoms with Gasteiger partial charge >= 0.3 is 0 Å². The van der Waals surface area contributed by atoms with Crippen LogP contribution in [0.5, 0.6) is 11.5 Å². The molecule has 0 saturated heterocycles. The van der Waals surface area contributed by atoms with Gasteiger partial charge in [0.25, 0.3) is 0 Å². The Morgan fingerprint density at radius 2 is 1.94 bits per heavy atom. The standard InChI is InChI=1S/C14H13NO2S/c1-16-11-3-4-12(13(7-11)17-2)15-8-10-5-6-18-14(10)9-15/h3-9H,1-2H3. The van der Waals surface area contributed by atoms with Crippen LogP contribution in [0.15, 0.2) is 42.0 Å². The number of methoxy groups -OCH3 is 2. The first-order valence-corrected chi connectivity index (χ1v) is 6.47. The Labute approximate surface area is 109 Å². The third-order valence-electron chi connectivity index (χ3n) is 2.93. The van der Waals surface area contributed by atoms with Gasteiger partial charge in [0.15, 0.2) is 0 Å². The number of benzene rings is 1. The molecule has 0 aliphatic rings. The molecule has 3 rings (SSSR count). The van der Waals surface area contributed by atoms with Crippen molar-refractivity contribution >= 4 is 21.4 Å². The van der Waals surface area contributed by atoms with Crippen molar-refractivity contribution in [1.82, 2.24) is 4.57 Å². The zero-order valence-electron chi connectivity index (χ0n) is 10.2. The van der Waals surface area contributed by atoms with E-state index in [0.717, 1.165) is 17.2 Å². The average molecular weight is 259 g/mol. The molecule has 2 aromatic heterocycles. The van der Waals surface area contributed by atoms with E-state index in [2.05, 4.69) is 28.4 Å². The Hall–Kier alpha value is -1.94. The van der Waals surface area contributed by atoms with Crippen LogP contribution in [0.1, 0.15) is 0 Å². The van der Waals surface area contributed by atoms with Crippen LogP contribution in [0.4, 0.5) is 0 Å². The Bertz CT molecular complexity index is 655. The molecular formula is C14H13NO2S. The number of nitrogens with zero attached hydrogens (tertiary/aromatic N) is 1. The molecule has 3 aromatic rings.